The summed E-state index contributed by atoms with van der Waals surface area (Å²) in [7, 11) is 0. The Morgan fingerprint density at radius 3 is 1.76 bits per heavy atom. The van der Waals surface area contributed by atoms with Crippen LogP contribution < -0.4 is 0 Å². The molecule has 0 saturated heterocycles. The molecule has 0 atom stereocenters. The van der Waals surface area contributed by atoms with Crippen LogP contribution in [0.1, 0.15) is 23.1 Å². The number of hydrogen-bond acceptors (Lipinski definition) is 0. The van der Waals surface area contributed by atoms with Gasteiger partial charge in [0.1, 0.15) is 0 Å². The highest BCUT2D eigenvalue weighted by atomic mass is 15.0. The molecule has 1 heteroatoms. The van der Waals surface area contributed by atoms with Crippen LogP contribution in [0.2, 0.25) is 0 Å². The van der Waals surface area contributed by atoms with Crippen molar-refractivity contribution in [2.24, 2.45) is 0 Å². The van der Waals surface area contributed by atoms with Crippen LogP contribution in [0.25, 0.3) is 127 Å². The van der Waals surface area contributed by atoms with Crippen molar-refractivity contribution in [3.8, 4) is 50.5 Å². The van der Waals surface area contributed by atoms with E-state index in [0.717, 1.165) is 29.9 Å². The van der Waals surface area contributed by atoms with Crippen molar-refractivity contribution in [1.82, 2.24) is 4.57 Å². The van der Waals surface area contributed by atoms with E-state index in [9.17, 15) is 0 Å². The first-order valence-electron chi connectivity index (χ1n) is 22.2. The fourth-order valence-corrected chi connectivity index (χ4v) is 11.3. The van der Waals surface area contributed by atoms with Crippen LogP contribution >= 0.6 is 0 Å². The van der Waals surface area contributed by atoms with Gasteiger partial charge < -0.3 is 4.57 Å². The summed E-state index contributed by atoms with van der Waals surface area (Å²) in [5.41, 5.74) is 16.5. The standard InChI is InChI=1S/C62H39N/c1-3-10-38(11-4-1)57-32-33-58(39-12-5-2-6-13-39)63(57)48-34-47-36-54-46(18-9-19-49(54)50-28-24-44-22-20-40-14-7-16-42-26-30-52(50)61(44)59(40)42)35-55(47)56(37-48)51-29-25-45-23-21-41-15-8-17-43-27-31-53(51)62(45)60(41)43/h1-13,15-21,23-37H,14,22H2. The summed E-state index contributed by atoms with van der Waals surface area (Å²) in [6.07, 6.45) is 9.06. The zero-order valence-electron chi connectivity index (χ0n) is 34.6. The molecule has 0 saturated carbocycles. The van der Waals surface area contributed by atoms with E-state index in [1.165, 1.54) is 120 Å². The Balaban J connectivity index is 1.08. The van der Waals surface area contributed by atoms with Gasteiger partial charge in [0, 0.05) is 5.69 Å². The van der Waals surface area contributed by atoms with Gasteiger partial charge in [-0.15, -0.1) is 0 Å². The van der Waals surface area contributed by atoms with Crippen molar-refractivity contribution < 1.29 is 0 Å². The minimum absolute atomic E-state index is 0.987. The number of hydrogen-bond donors (Lipinski definition) is 0. The lowest BCUT2D eigenvalue weighted by Crippen LogP contribution is -2.03. The van der Waals surface area contributed by atoms with E-state index in [-0.39, 0.29) is 0 Å². The van der Waals surface area contributed by atoms with Crippen molar-refractivity contribution in [3.05, 3.63) is 223 Å². The second-order valence-electron chi connectivity index (χ2n) is 17.5. The summed E-state index contributed by atoms with van der Waals surface area (Å²) >= 11 is 0. The highest BCUT2D eigenvalue weighted by Gasteiger charge is 2.23. The smallest absolute Gasteiger partial charge is 0.0535 e. The van der Waals surface area contributed by atoms with Crippen LogP contribution in [0.5, 0.6) is 0 Å². The Hall–Kier alpha value is -8.00. The third kappa shape index (κ3) is 5.11. The van der Waals surface area contributed by atoms with Gasteiger partial charge in [-0.3, -0.25) is 0 Å². The van der Waals surface area contributed by atoms with Crippen LogP contribution in [0.3, 0.4) is 0 Å². The van der Waals surface area contributed by atoms with Gasteiger partial charge in [-0.1, -0.05) is 176 Å². The molecule has 1 nitrogen and oxygen atoms in total. The Morgan fingerprint density at radius 1 is 0.365 bits per heavy atom. The van der Waals surface area contributed by atoms with E-state index < -0.39 is 0 Å². The van der Waals surface area contributed by atoms with Gasteiger partial charge in [0.05, 0.1) is 11.4 Å². The molecule has 0 bridgehead atoms. The van der Waals surface area contributed by atoms with Crippen LogP contribution in [0.15, 0.2) is 206 Å². The van der Waals surface area contributed by atoms with Crippen molar-refractivity contribution in [2.75, 3.05) is 0 Å². The monoisotopic (exact) mass is 797 g/mol. The molecular formula is C62H39N. The van der Waals surface area contributed by atoms with E-state index in [4.69, 9.17) is 0 Å². The number of fused-ring (bicyclic) bond motifs is 2. The Kier molecular flexibility index (Phi) is 7.29. The molecule has 1 heterocycles. The van der Waals surface area contributed by atoms with Gasteiger partial charge in [0.15, 0.2) is 0 Å². The van der Waals surface area contributed by atoms with Gasteiger partial charge in [0.25, 0.3) is 0 Å². The molecule has 14 rings (SSSR count). The molecule has 2 aliphatic rings. The third-order valence-electron chi connectivity index (χ3n) is 14.1. The average molecular weight is 798 g/mol. The van der Waals surface area contributed by atoms with Crippen molar-refractivity contribution in [1.29, 1.82) is 0 Å². The van der Waals surface area contributed by atoms with Crippen molar-refractivity contribution >= 4 is 76.3 Å². The summed E-state index contributed by atoms with van der Waals surface area (Å²) in [5.74, 6) is 0. The number of benzene rings is 11. The van der Waals surface area contributed by atoms with Gasteiger partial charge in [-0.25, -0.2) is 0 Å². The molecule has 0 amide bonds. The minimum Gasteiger partial charge on any atom is -0.309 e. The SMILES string of the molecule is C1=Cc2ccc3c(-c4cccc5cc6c(-c7ccc8ccc9cccc%10ccc7c8c9%10)cc(-n7c(-c8ccccc8)ccc7-c7ccccc7)cc6cc45)ccc4c3c2C(=CC4)C1. The molecule has 0 aliphatic heterocycles. The average Bonchev–Trinajstić information content (AvgIpc) is 3.80. The minimum atomic E-state index is 0.987. The molecular weight excluding hydrogens is 759 g/mol. The van der Waals surface area contributed by atoms with Gasteiger partial charge in [-0.2, -0.15) is 0 Å². The van der Waals surface area contributed by atoms with Crippen LogP contribution in [-0.2, 0) is 6.42 Å². The van der Waals surface area contributed by atoms with Gasteiger partial charge in [-0.05, 0) is 170 Å². The first-order valence-corrected chi connectivity index (χ1v) is 22.2. The molecule has 0 fully saturated rings. The molecule has 63 heavy (non-hydrogen) atoms. The lowest BCUT2D eigenvalue weighted by atomic mass is 9.79. The molecule has 0 unspecified atom stereocenters. The fourth-order valence-electron chi connectivity index (χ4n) is 11.3. The van der Waals surface area contributed by atoms with Gasteiger partial charge >= 0.3 is 0 Å². The van der Waals surface area contributed by atoms with E-state index in [1.807, 2.05) is 0 Å². The molecule has 0 N–H and O–H groups in total. The van der Waals surface area contributed by atoms with Gasteiger partial charge in [0.2, 0.25) is 0 Å². The normalized spacial score (nSPS) is 13.3. The number of aromatic nitrogens is 1. The maximum absolute atomic E-state index is 2.48. The summed E-state index contributed by atoms with van der Waals surface area (Å²) in [6.45, 7) is 0. The molecule has 0 radical (unpaired) electrons. The van der Waals surface area contributed by atoms with E-state index in [0.29, 0.717) is 0 Å². The summed E-state index contributed by atoms with van der Waals surface area (Å²) in [6, 6.07) is 73.1. The maximum atomic E-state index is 2.48. The lowest BCUT2D eigenvalue weighted by Gasteiger charge is -2.24. The first kappa shape index (κ1) is 34.7. The third-order valence-corrected chi connectivity index (χ3v) is 14.1. The zero-order chi connectivity index (χ0) is 41.2. The van der Waals surface area contributed by atoms with E-state index in [2.05, 4.69) is 217 Å². The summed E-state index contributed by atoms with van der Waals surface area (Å²) in [5, 5.41) is 15.5. The molecule has 12 aromatic rings. The predicted octanol–water partition coefficient (Wildman–Crippen LogP) is 16.9. The second kappa shape index (κ2) is 13.2. The highest BCUT2D eigenvalue weighted by molar-refractivity contribution is 6.26. The molecule has 2 aliphatic carbocycles. The Morgan fingerprint density at radius 2 is 0.968 bits per heavy atom. The highest BCUT2D eigenvalue weighted by Crippen LogP contribution is 2.47. The largest absolute Gasteiger partial charge is 0.309 e. The lowest BCUT2D eigenvalue weighted by molar-refractivity contribution is 1.10. The Bertz CT molecular complexity index is 3860. The molecule has 292 valence electrons. The summed E-state index contributed by atoms with van der Waals surface area (Å²) in [4.78, 5) is 0. The van der Waals surface area contributed by atoms with E-state index >= 15 is 0 Å². The van der Waals surface area contributed by atoms with Crippen LogP contribution in [-0.4, -0.2) is 4.57 Å². The maximum Gasteiger partial charge on any atom is 0.0535 e. The van der Waals surface area contributed by atoms with Crippen LogP contribution in [0, 0.1) is 0 Å². The topological polar surface area (TPSA) is 4.93 Å². The zero-order valence-corrected chi connectivity index (χ0v) is 34.6. The fraction of sp³-hybridized carbons (Fsp3) is 0.0323. The van der Waals surface area contributed by atoms with E-state index in [1.54, 1.807) is 0 Å². The predicted molar refractivity (Wildman–Crippen MR) is 269 cm³/mol. The van der Waals surface area contributed by atoms with Crippen molar-refractivity contribution in [2.45, 2.75) is 12.8 Å². The van der Waals surface area contributed by atoms with Crippen LogP contribution in [0.4, 0.5) is 0 Å². The number of rotatable bonds is 5. The molecule has 0 spiro atoms. The quantitative estimate of drug-likeness (QED) is 0.121. The number of allylic oxidation sites excluding steroid dienone is 3. The first-order chi connectivity index (χ1) is 31.2. The molecule has 11 aromatic carbocycles. The summed E-state index contributed by atoms with van der Waals surface area (Å²) < 4.78 is 2.48. The molecule has 1 aromatic heterocycles. The second-order valence-corrected chi connectivity index (χ2v) is 17.5. The van der Waals surface area contributed by atoms with Crippen molar-refractivity contribution in [3.63, 3.8) is 0 Å². The Labute approximate surface area is 365 Å². The number of nitrogens with zero attached hydrogens (tertiary/aromatic N) is 1.